The van der Waals surface area contributed by atoms with Crippen LogP contribution in [0.2, 0.25) is 0 Å². The molecule has 7 nitrogen and oxygen atoms in total. The molecule has 1 heterocycles. The Morgan fingerprint density at radius 1 is 1.19 bits per heavy atom. The van der Waals surface area contributed by atoms with Crippen molar-refractivity contribution in [2.45, 2.75) is 19.3 Å². The molecule has 0 bridgehead atoms. The number of anilines is 1. The van der Waals surface area contributed by atoms with Gasteiger partial charge in [-0.25, -0.2) is 0 Å². The van der Waals surface area contributed by atoms with Gasteiger partial charge in [-0.05, 0) is 25.0 Å². The Morgan fingerprint density at radius 2 is 1.96 bits per heavy atom. The van der Waals surface area contributed by atoms with Gasteiger partial charge in [-0.3, -0.25) is 9.79 Å². The van der Waals surface area contributed by atoms with Crippen LogP contribution in [0.1, 0.15) is 19.3 Å². The van der Waals surface area contributed by atoms with Gasteiger partial charge in [-0.1, -0.05) is 6.07 Å². The van der Waals surface area contributed by atoms with Crippen molar-refractivity contribution in [2.75, 3.05) is 58.9 Å². The van der Waals surface area contributed by atoms with Crippen LogP contribution in [0, 0.1) is 0 Å². The summed E-state index contributed by atoms with van der Waals surface area (Å²) in [6, 6.07) is 8.18. The topological polar surface area (TPSA) is 66.4 Å². The molecule has 0 saturated carbocycles. The number of rotatable bonds is 7. The summed E-state index contributed by atoms with van der Waals surface area (Å²) in [5.41, 5.74) is 1.19. The third kappa shape index (κ3) is 5.82. The van der Waals surface area contributed by atoms with E-state index in [9.17, 15) is 4.79 Å². The number of esters is 1. The molecule has 0 unspecified atom stereocenters. The lowest BCUT2D eigenvalue weighted by molar-refractivity contribution is -0.140. The first-order valence-electron chi connectivity index (χ1n) is 9.09. The zero-order chi connectivity index (χ0) is 18.8. The van der Waals surface area contributed by atoms with E-state index in [0.717, 1.165) is 57.3 Å². The second-order valence-electron chi connectivity index (χ2n) is 6.18. The van der Waals surface area contributed by atoms with Gasteiger partial charge in [-0.2, -0.15) is 0 Å². The second kappa shape index (κ2) is 10.5. The van der Waals surface area contributed by atoms with Gasteiger partial charge in [0.05, 0.1) is 14.2 Å². The number of aliphatic imine (C=N–C) groups is 1. The highest BCUT2D eigenvalue weighted by molar-refractivity contribution is 5.80. The highest BCUT2D eigenvalue weighted by atomic mass is 16.5. The summed E-state index contributed by atoms with van der Waals surface area (Å²) in [7, 11) is 4.93. The fraction of sp³-hybridized carbons (Fsp3) is 0.579. The van der Waals surface area contributed by atoms with Crippen LogP contribution in [0.4, 0.5) is 5.69 Å². The minimum absolute atomic E-state index is 0.150. The zero-order valence-electron chi connectivity index (χ0n) is 16.0. The predicted octanol–water partition coefficient (Wildman–Crippen LogP) is 1.74. The molecule has 1 aromatic rings. The van der Waals surface area contributed by atoms with Crippen molar-refractivity contribution in [2.24, 2.45) is 4.99 Å². The van der Waals surface area contributed by atoms with Crippen LogP contribution in [-0.2, 0) is 9.53 Å². The van der Waals surface area contributed by atoms with E-state index < -0.39 is 0 Å². The third-order valence-electron chi connectivity index (χ3n) is 4.53. The maximum absolute atomic E-state index is 11.1. The molecule has 2 rings (SSSR count). The monoisotopic (exact) mass is 362 g/mol. The summed E-state index contributed by atoms with van der Waals surface area (Å²) in [5, 5.41) is 3.39. The number of piperazine rings is 1. The van der Waals surface area contributed by atoms with Gasteiger partial charge in [0.25, 0.3) is 0 Å². The molecule has 1 N–H and O–H groups in total. The molecule has 0 radical (unpaired) electrons. The number of ether oxygens (including phenoxy) is 2. The molecule has 7 heteroatoms. The molecule has 1 aliphatic heterocycles. The van der Waals surface area contributed by atoms with Crippen LogP contribution in [-0.4, -0.2) is 70.8 Å². The van der Waals surface area contributed by atoms with E-state index in [0.29, 0.717) is 6.42 Å². The number of hydrogen-bond donors (Lipinski definition) is 1. The lowest BCUT2D eigenvalue weighted by atomic mass is 10.2. The fourth-order valence-electron chi connectivity index (χ4n) is 3.01. The van der Waals surface area contributed by atoms with Gasteiger partial charge in [0.15, 0.2) is 5.96 Å². The molecule has 1 aromatic carbocycles. The number of carbonyl (C=O) groups excluding carboxylic acids is 1. The number of nitrogens with zero attached hydrogens (tertiary/aromatic N) is 3. The van der Waals surface area contributed by atoms with Crippen LogP contribution in [0.3, 0.4) is 0 Å². The van der Waals surface area contributed by atoms with Crippen molar-refractivity contribution in [1.82, 2.24) is 10.2 Å². The zero-order valence-corrected chi connectivity index (χ0v) is 16.0. The average molecular weight is 362 g/mol. The van der Waals surface area contributed by atoms with Crippen molar-refractivity contribution in [1.29, 1.82) is 0 Å². The first-order valence-corrected chi connectivity index (χ1v) is 9.09. The Hall–Kier alpha value is -2.44. The van der Waals surface area contributed by atoms with E-state index in [1.165, 1.54) is 12.8 Å². The first kappa shape index (κ1) is 19.9. The highest BCUT2D eigenvalue weighted by Gasteiger charge is 2.19. The molecule has 1 aliphatic rings. The number of methoxy groups -OCH3 is 2. The van der Waals surface area contributed by atoms with Crippen molar-refractivity contribution < 1.29 is 14.3 Å². The largest absolute Gasteiger partial charge is 0.497 e. The van der Waals surface area contributed by atoms with Gasteiger partial charge >= 0.3 is 5.97 Å². The van der Waals surface area contributed by atoms with Crippen LogP contribution in [0.15, 0.2) is 29.3 Å². The maximum atomic E-state index is 11.1. The molecule has 0 aromatic heterocycles. The molecule has 26 heavy (non-hydrogen) atoms. The fourth-order valence-corrected chi connectivity index (χ4v) is 3.01. The standard InChI is InChI=1S/C19H30N4O3/c1-20-19(21-10-5-4-9-18(24)26-3)23-13-11-22(12-14-23)16-7-6-8-17(15-16)25-2/h6-8,15H,4-5,9-14H2,1-3H3,(H,20,21). The van der Waals surface area contributed by atoms with Crippen LogP contribution < -0.4 is 15.0 Å². The molecule has 0 amide bonds. The molecule has 0 spiro atoms. The Kier molecular flexibility index (Phi) is 8.05. The van der Waals surface area contributed by atoms with E-state index in [1.807, 2.05) is 19.2 Å². The van der Waals surface area contributed by atoms with E-state index in [1.54, 1.807) is 7.11 Å². The minimum Gasteiger partial charge on any atom is -0.497 e. The van der Waals surface area contributed by atoms with E-state index in [4.69, 9.17) is 4.74 Å². The Morgan fingerprint density at radius 3 is 2.62 bits per heavy atom. The van der Waals surface area contributed by atoms with Crippen molar-refractivity contribution in [3.63, 3.8) is 0 Å². The third-order valence-corrected chi connectivity index (χ3v) is 4.53. The molecular formula is C19H30N4O3. The first-order chi connectivity index (χ1) is 12.7. The summed E-state index contributed by atoms with van der Waals surface area (Å²) in [6.07, 6.45) is 2.20. The molecular weight excluding hydrogens is 332 g/mol. The van der Waals surface area contributed by atoms with Gasteiger partial charge in [0, 0.05) is 57.9 Å². The predicted molar refractivity (Wildman–Crippen MR) is 104 cm³/mol. The number of nitrogens with one attached hydrogen (secondary N) is 1. The minimum atomic E-state index is -0.150. The molecule has 0 atom stereocenters. The quantitative estimate of drug-likeness (QED) is 0.345. The number of benzene rings is 1. The number of carbonyl (C=O) groups is 1. The van der Waals surface area contributed by atoms with Gasteiger partial charge in [0.2, 0.25) is 0 Å². The second-order valence-corrected chi connectivity index (χ2v) is 6.18. The summed E-state index contributed by atoms with van der Waals surface area (Å²) in [5.74, 6) is 1.66. The molecule has 0 aliphatic carbocycles. The summed E-state index contributed by atoms with van der Waals surface area (Å²) < 4.78 is 9.96. The molecule has 1 fully saturated rings. The maximum Gasteiger partial charge on any atom is 0.305 e. The van der Waals surface area contributed by atoms with Gasteiger partial charge in [0.1, 0.15) is 5.75 Å². The van der Waals surface area contributed by atoms with Gasteiger partial charge < -0.3 is 24.6 Å². The van der Waals surface area contributed by atoms with Crippen molar-refractivity contribution in [3.05, 3.63) is 24.3 Å². The number of hydrogen-bond acceptors (Lipinski definition) is 5. The van der Waals surface area contributed by atoms with Crippen LogP contribution in [0.5, 0.6) is 5.75 Å². The number of guanidine groups is 1. The van der Waals surface area contributed by atoms with E-state index in [2.05, 4.69) is 37.0 Å². The van der Waals surface area contributed by atoms with Crippen molar-refractivity contribution >= 4 is 17.6 Å². The molecule has 1 saturated heterocycles. The molecule has 144 valence electrons. The Labute approximate surface area is 156 Å². The lowest BCUT2D eigenvalue weighted by Gasteiger charge is -2.37. The van der Waals surface area contributed by atoms with E-state index >= 15 is 0 Å². The van der Waals surface area contributed by atoms with Crippen molar-refractivity contribution in [3.8, 4) is 5.75 Å². The normalized spacial score (nSPS) is 15.0. The summed E-state index contributed by atoms with van der Waals surface area (Å²) in [6.45, 7) is 4.52. The van der Waals surface area contributed by atoms with Crippen LogP contribution in [0.25, 0.3) is 0 Å². The Balaban J connectivity index is 1.75. The van der Waals surface area contributed by atoms with E-state index in [-0.39, 0.29) is 5.97 Å². The smallest absolute Gasteiger partial charge is 0.305 e. The summed E-state index contributed by atoms with van der Waals surface area (Å²) in [4.78, 5) is 20.1. The highest BCUT2D eigenvalue weighted by Crippen LogP contribution is 2.22. The lowest BCUT2D eigenvalue weighted by Crippen LogP contribution is -2.52. The average Bonchev–Trinajstić information content (AvgIpc) is 2.70. The summed E-state index contributed by atoms with van der Waals surface area (Å²) >= 11 is 0. The number of unbranched alkanes of at least 4 members (excludes halogenated alkanes) is 1. The van der Waals surface area contributed by atoms with Gasteiger partial charge in [-0.15, -0.1) is 0 Å². The Bertz CT molecular complexity index is 598. The SMILES string of the molecule is CN=C(NCCCCC(=O)OC)N1CCN(c2cccc(OC)c2)CC1. The van der Waals surface area contributed by atoms with Crippen LogP contribution >= 0.6 is 0 Å².